The molecule has 0 fully saturated rings. The summed E-state index contributed by atoms with van der Waals surface area (Å²) in [7, 11) is 4.00. The van der Waals surface area contributed by atoms with E-state index in [1.807, 2.05) is 38.4 Å². The maximum Gasteiger partial charge on any atom is 0.306 e. The summed E-state index contributed by atoms with van der Waals surface area (Å²) in [6, 6.07) is 7.62. The zero-order valence-electron chi connectivity index (χ0n) is 11.2. The van der Waals surface area contributed by atoms with Gasteiger partial charge in [-0.3, -0.25) is 4.79 Å². The van der Waals surface area contributed by atoms with E-state index in [0.717, 1.165) is 17.9 Å². The third-order valence-corrected chi connectivity index (χ3v) is 2.69. The molecular formula is C14H21NO3. The summed E-state index contributed by atoms with van der Waals surface area (Å²) in [5.74, 6) is -0.296. The van der Waals surface area contributed by atoms with Crippen molar-refractivity contribution in [2.45, 2.75) is 13.3 Å². The Kier molecular flexibility index (Phi) is 5.65. The van der Waals surface area contributed by atoms with Crippen molar-refractivity contribution < 1.29 is 14.6 Å². The standard InChI is InChI=1S/C14H21NO3/c1-11(14(16)17)10-12-4-6-13(7-5-12)18-9-8-15(2)3/h4-7,11H,8-10H2,1-3H3,(H,16,17)/t11-/m0/s1. The first-order valence-corrected chi connectivity index (χ1v) is 6.08. The second kappa shape index (κ2) is 7.01. The van der Waals surface area contributed by atoms with Crippen molar-refractivity contribution in [2.24, 2.45) is 5.92 Å². The summed E-state index contributed by atoms with van der Waals surface area (Å²) in [6.07, 6.45) is 0.549. The molecule has 4 heteroatoms. The SMILES string of the molecule is C[C@@H](Cc1ccc(OCCN(C)C)cc1)C(=O)O. The van der Waals surface area contributed by atoms with E-state index in [-0.39, 0.29) is 5.92 Å². The summed E-state index contributed by atoms with van der Waals surface area (Å²) < 4.78 is 5.57. The van der Waals surface area contributed by atoms with E-state index >= 15 is 0 Å². The third-order valence-electron chi connectivity index (χ3n) is 2.69. The van der Waals surface area contributed by atoms with E-state index in [9.17, 15) is 4.79 Å². The molecule has 0 aliphatic heterocycles. The number of hydrogen-bond acceptors (Lipinski definition) is 3. The smallest absolute Gasteiger partial charge is 0.306 e. The molecule has 0 radical (unpaired) electrons. The fourth-order valence-corrected chi connectivity index (χ4v) is 1.51. The van der Waals surface area contributed by atoms with Gasteiger partial charge < -0.3 is 14.7 Å². The maximum atomic E-state index is 10.7. The minimum Gasteiger partial charge on any atom is -0.492 e. The molecule has 1 atom stereocenters. The lowest BCUT2D eigenvalue weighted by Crippen LogP contribution is -2.19. The van der Waals surface area contributed by atoms with E-state index in [2.05, 4.69) is 4.90 Å². The monoisotopic (exact) mass is 251 g/mol. The molecule has 0 amide bonds. The van der Waals surface area contributed by atoms with Gasteiger partial charge in [0.25, 0.3) is 0 Å². The summed E-state index contributed by atoms with van der Waals surface area (Å²) in [4.78, 5) is 12.8. The van der Waals surface area contributed by atoms with Gasteiger partial charge >= 0.3 is 5.97 Å². The van der Waals surface area contributed by atoms with Gasteiger partial charge in [0, 0.05) is 6.54 Å². The average molecular weight is 251 g/mol. The number of carbonyl (C=O) groups is 1. The Hall–Kier alpha value is -1.55. The fraction of sp³-hybridized carbons (Fsp3) is 0.500. The van der Waals surface area contributed by atoms with Gasteiger partial charge in [-0.15, -0.1) is 0 Å². The molecule has 0 aliphatic carbocycles. The minimum absolute atomic E-state index is 0.356. The molecule has 0 saturated heterocycles. The van der Waals surface area contributed by atoms with Gasteiger partial charge in [-0.05, 0) is 38.2 Å². The average Bonchev–Trinajstić information content (AvgIpc) is 2.30. The van der Waals surface area contributed by atoms with Crippen LogP contribution in [-0.4, -0.2) is 43.2 Å². The lowest BCUT2D eigenvalue weighted by atomic mass is 10.0. The predicted molar refractivity (Wildman–Crippen MR) is 71.0 cm³/mol. The van der Waals surface area contributed by atoms with Crippen LogP contribution in [0.3, 0.4) is 0 Å². The topological polar surface area (TPSA) is 49.8 Å². The van der Waals surface area contributed by atoms with E-state index < -0.39 is 5.97 Å². The van der Waals surface area contributed by atoms with Crippen molar-refractivity contribution in [1.82, 2.24) is 4.90 Å². The first kappa shape index (κ1) is 14.5. The van der Waals surface area contributed by atoms with Gasteiger partial charge in [0.05, 0.1) is 5.92 Å². The van der Waals surface area contributed by atoms with Crippen LogP contribution < -0.4 is 4.74 Å². The van der Waals surface area contributed by atoms with Crippen LogP contribution >= 0.6 is 0 Å². The molecule has 0 heterocycles. The van der Waals surface area contributed by atoms with Crippen LogP contribution in [-0.2, 0) is 11.2 Å². The number of likely N-dealkylation sites (N-methyl/N-ethyl adjacent to an activating group) is 1. The van der Waals surface area contributed by atoms with Crippen LogP contribution in [0.1, 0.15) is 12.5 Å². The Morgan fingerprint density at radius 1 is 1.33 bits per heavy atom. The van der Waals surface area contributed by atoms with Crippen LogP contribution in [0.25, 0.3) is 0 Å². The zero-order valence-corrected chi connectivity index (χ0v) is 11.2. The molecule has 4 nitrogen and oxygen atoms in total. The molecular weight excluding hydrogens is 230 g/mol. The van der Waals surface area contributed by atoms with Crippen LogP contribution in [0.15, 0.2) is 24.3 Å². The second-order valence-corrected chi connectivity index (χ2v) is 4.74. The molecule has 0 unspecified atom stereocenters. The first-order valence-electron chi connectivity index (χ1n) is 6.08. The van der Waals surface area contributed by atoms with Crippen LogP contribution in [0.4, 0.5) is 0 Å². The van der Waals surface area contributed by atoms with Gasteiger partial charge in [-0.1, -0.05) is 19.1 Å². The molecule has 18 heavy (non-hydrogen) atoms. The van der Waals surface area contributed by atoms with Crippen LogP contribution in [0.5, 0.6) is 5.75 Å². The minimum atomic E-state index is -0.763. The number of benzene rings is 1. The summed E-state index contributed by atoms with van der Waals surface area (Å²) in [5, 5.41) is 8.84. The lowest BCUT2D eigenvalue weighted by molar-refractivity contribution is -0.141. The fourth-order valence-electron chi connectivity index (χ4n) is 1.51. The number of carboxylic acids is 1. The quantitative estimate of drug-likeness (QED) is 0.804. The van der Waals surface area contributed by atoms with Crippen molar-refractivity contribution in [2.75, 3.05) is 27.2 Å². The summed E-state index contributed by atoms with van der Waals surface area (Å²) >= 11 is 0. The lowest BCUT2D eigenvalue weighted by Gasteiger charge is -2.11. The number of carboxylic acid groups (broad SMARTS) is 1. The van der Waals surface area contributed by atoms with Crippen molar-refractivity contribution in [1.29, 1.82) is 0 Å². The van der Waals surface area contributed by atoms with Gasteiger partial charge in [0.2, 0.25) is 0 Å². The number of aliphatic carboxylic acids is 1. The normalized spacial score (nSPS) is 12.4. The Balaban J connectivity index is 2.44. The number of hydrogen-bond donors (Lipinski definition) is 1. The van der Waals surface area contributed by atoms with E-state index in [1.54, 1.807) is 6.92 Å². The number of rotatable bonds is 7. The van der Waals surface area contributed by atoms with Crippen molar-refractivity contribution >= 4 is 5.97 Å². The highest BCUT2D eigenvalue weighted by atomic mass is 16.5. The van der Waals surface area contributed by atoms with Crippen molar-refractivity contribution in [3.8, 4) is 5.75 Å². The molecule has 1 rings (SSSR count). The molecule has 0 aromatic heterocycles. The highest BCUT2D eigenvalue weighted by Crippen LogP contribution is 2.15. The molecule has 1 N–H and O–H groups in total. The van der Waals surface area contributed by atoms with Crippen molar-refractivity contribution in [3.63, 3.8) is 0 Å². The molecule has 100 valence electrons. The van der Waals surface area contributed by atoms with Crippen molar-refractivity contribution in [3.05, 3.63) is 29.8 Å². The highest BCUT2D eigenvalue weighted by molar-refractivity contribution is 5.69. The van der Waals surface area contributed by atoms with Gasteiger partial charge in [0.1, 0.15) is 12.4 Å². The molecule has 1 aromatic rings. The largest absolute Gasteiger partial charge is 0.492 e. The molecule has 0 saturated carbocycles. The van der Waals surface area contributed by atoms with Gasteiger partial charge in [-0.25, -0.2) is 0 Å². The molecule has 0 spiro atoms. The Labute approximate surface area is 108 Å². The van der Waals surface area contributed by atoms with Crippen LogP contribution in [0, 0.1) is 5.92 Å². The predicted octanol–water partition coefficient (Wildman–Crippen LogP) is 1.89. The highest BCUT2D eigenvalue weighted by Gasteiger charge is 2.11. The first-order chi connectivity index (χ1) is 8.49. The van der Waals surface area contributed by atoms with Gasteiger partial charge in [-0.2, -0.15) is 0 Å². The van der Waals surface area contributed by atoms with E-state index in [1.165, 1.54) is 0 Å². The Bertz CT molecular complexity index is 373. The second-order valence-electron chi connectivity index (χ2n) is 4.74. The number of ether oxygens (including phenoxy) is 1. The van der Waals surface area contributed by atoms with Crippen LogP contribution in [0.2, 0.25) is 0 Å². The van der Waals surface area contributed by atoms with E-state index in [0.29, 0.717) is 13.0 Å². The zero-order chi connectivity index (χ0) is 13.5. The number of nitrogens with zero attached hydrogens (tertiary/aromatic N) is 1. The molecule has 0 bridgehead atoms. The third kappa shape index (κ3) is 5.19. The Morgan fingerprint density at radius 3 is 2.44 bits per heavy atom. The Morgan fingerprint density at radius 2 is 1.94 bits per heavy atom. The molecule has 0 aliphatic rings. The maximum absolute atomic E-state index is 10.7. The summed E-state index contributed by atoms with van der Waals surface area (Å²) in [6.45, 7) is 3.24. The van der Waals surface area contributed by atoms with E-state index in [4.69, 9.17) is 9.84 Å². The van der Waals surface area contributed by atoms with Gasteiger partial charge in [0.15, 0.2) is 0 Å². The summed E-state index contributed by atoms with van der Waals surface area (Å²) in [5.41, 5.74) is 1.02. The molecule has 1 aromatic carbocycles.